The normalized spacial score (nSPS) is 20.3. The van der Waals surface area contributed by atoms with E-state index in [2.05, 4.69) is 32.0 Å². The van der Waals surface area contributed by atoms with Gasteiger partial charge in [-0.05, 0) is 43.0 Å². The van der Waals surface area contributed by atoms with Crippen molar-refractivity contribution in [2.24, 2.45) is 11.1 Å². The SMILES string of the molecule is CC1(CN)CCN(C(=O)C(C)(Cc2nc3ccccc3s2)c2ccccc2)C1.Cl.Cl. The van der Waals surface area contributed by atoms with Crippen LogP contribution in [0.1, 0.15) is 30.8 Å². The maximum atomic E-state index is 13.8. The molecule has 1 saturated heterocycles. The molecule has 2 N–H and O–H groups in total. The molecule has 7 heteroatoms. The number of fused-ring (bicyclic) bond motifs is 1. The minimum absolute atomic E-state index is 0. The number of benzene rings is 2. The number of carbonyl (C=O) groups excluding carboxylic acids is 1. The van der Waals surface area contributed by atoms with Gasteiger partial charge >= 0.3 is 0 Å². The second-order valence-electron chi connectivity index (χ2n) is 8.44. The van der Waals surface area contributed by atoms with E-state index in [9.17, 15) is 4.79 Å². The number of nitrogens with two attached hydrogens (primary N) is 1. The first-order valence-corrected chi connectivity index (χ1v) is 10.6. The summed E-state index contributed by atoms with van der Waals surface area (Å²) >= 11 is 1.68. The minimum Gasteiger partial charge on any atom is -0.341 e. The van der Waals surface area contributed by atoms with Gasteiger partial charge in [-0.2, -0.15) is 0 Å². The number of amides is 1. The van der Waals surface area contributed by atoms with Gasteiger partial charge in [0.1, 0.15) is 0 Å². The summed E-state index contributed by atoms with van der Waals surface area (Å²) in [5.41, 5.74) is 7.39. The zero-order valence-electron chi connectivity index (χ0n) is 17.3. The van der Waals surface area contributed by atoms with E-state index in [-0.39, 0.29) is 36.1 Å². The van der Waals surface area contributed by atoms with Gasteiger partial charge in [0.25, 0.3) is 0 Å². The van der Waals surface area contributed by atoms with Crippen molar-refractivity contribution >= 4 is 52.3 Å². The Morgan fingerprint density at radius 3 is 2.47 bits per heavy atom. The summed E-state index contributed by atoms with van der Waals surface area (Å²) < 4.78 is 1.16. The van der Waals surface area contributed by atoms with Crippen molar-refractivity contribution in [3.63, 3.8) is 0 Å². The van der Waals surface area contributed by atoms with Gasteiger partial charge in [0, 0.05) is 19.5 Å². The standard InChI is InChI=1S/C23H27N3OS.2ClH/c1-22(15-24)12-13-26(16-22)21(27)23(2,17-8-4-3-5-9-17)14-20-25-18-10-6-7-11-19(18)28-20;;/h3-11H,12-16,24H2,1-2H3;2*1H. The van der Waals surface area contributed by atoms with Crippen LogP contribution in [0.4, 0.5) is 0 Å². The molecule has 2 heterocycles. The quantitative estimate of drug-likeness (QED) is 0.586. The second kappa shape index (κ2) is 9.65. The lowest BCUT2D eigenvalue weighted by Gasteiger charge is -2.33. The summed E-state index contributed by atoms with van der Waals surface area (Å²) in [7, 11) is 0. The Morgan fingerprint density at radius 2 is 1.83 bits per heavy atom. The highest BCUT2D eigenvalue weighted by Gasteiger charge is 2.44. The van der Waals surface area contributed by atoms with Crippen LogP contribution in [0.25, 0.3) is 10.2 Å². The van der Waals surface area contributed by atoms with Gasteiger partial charge in [-0.25, -0.2) is 4.98 Å². The van der Waals surface area contributed by atoms with E-state index in [4.69, 9.17) is 10.7 Å². The molecule has 2 aromatic carbocycles. The third-order valence-electron chi connectivity index (χ3n) is 6.06. The van der Waals surface area contributed by atoms with Crippen LogP contribution in [0.15, 0.2) is 54.6 Å². The van der Waals surface area contributed by atoms with Gasteiger partial charge in [0.2, 0.25) is 5.91 Å². The van der Waals surface area contributed by atoms with E-state index >= 15 is 0 Å². The summed E-state index contributed by atoms with van der Waals surface area (Å²) in [6.07, 6.45) is 1.56. The fourth-order valence-corrected chi connectivity index (χ4v) is 5.24. The molecule has 2 atom stereocenters. The molecule has 2 unspecified atom stereocenters. The van der Waals surface area contributed by atoms with Crippen molar-refractivity contribution in [1.82, 2.24) is 9.88 Å². The molecule has 3 aromatic rings. The third kappa shape index (κ3) is 4.65. The molecular formula is C23H29Cl2N3OS. The Bertz CT molecular complexity index is 963. The highest BCUT2D eigenvalue weighted by atomic mass is 35.5. The van der Waals surface area contributed by atoms with Gasteiger partial charge in [-0.1, -0.05) is 49.4 Å². The first kappa shape index (κ1) is 24.6. The molecule has 1 amide bonds. The zero-order chi connectivity index (χ0) is 19.8. The lowest BCUT2D eigenvalue weighted by Crippen LogP contribution is -2.46. The van der Waals surface area contributed by atoms with Crippen LogP contribution in [0.2, 0.25) is 0 Å². The van der Waals surface area contributed by atoms with Crippen LogP contribution in [0, 0.1) is 5.41 Å². The molecule has 0 bridgehead atoms. The fourth-order valence-electron chi connectivity index (χ4n) is 4.12. The number of hydrogen-bond donors (Lipinski definition) is 1. The molecule has 1 fully saturated rings. The topological polar surface area (TPSA) is 59.2 Å². The largest absolute Gasteiger partial charge is 0.341 e. The number of rotatable bonds is 5. The predicted octanol–water partition coefficient (Wildman–Crippen LogP) is 4.84. The average Bonchev–Trinajstić information content (AvgIpc) is 3.31. The number of carbonyl (C=O) groups is 1. The smallest absolute Gasteiger partial charge is 0.233 e. The summed E-state index contributed by atoms with van der Waals surface area (Å²) in [6.45, 7) is 6.35. The molecule has 0 aliphatic carbocycles. The van der Waals surface area contributed by atoms with Crippen LogP contribution < -0.4 is 5.73 Å². The maximum Gasteiger partial charge on any atom is 0.233 e. The van der Waals surface area contributed by atoms with Crippen molar-refractivity contribution < 1.29 is 4.79 Å². The van der Waals surface area contributed by atoms with Crippen LogP contribution in [0.3, 0.4) is 0 Å². The minimum atomic E-state index is -0.644. The Labute approximate surface area is 194 Å². The summed E-state index contributed by atoms with van der Waals surface area (Å²) in [5.74, 6) is 0.176. The highest BCUT2D eigenvalue weighted by molar-refractivity contribution is 7.18. The second-order valence-corrected chi connectivity index (χ2v) is 9.56. The third-order valence-corrected chi connectivity index (χ3v) is 7.10. The van der Waals surface area contributed by atoms with Crippen LogP contribution in [-0.2, 0) is 16.6 Å². The Kier molecular flexibility index (Phi) is 7.91. The van der Waals surface area contributed by atoms with Gasteiger partial charge in [-0.3, -0.25) is 4.79 Å². The lowest BCUT2D eigenvalue weighted by molar-refractivity contribution is -0.136. The molecule has 1 aliphatic rings. The molecule has 0 radical (unpaired) electrons. The summed E-state index contributed by atoms with van der Waals surface area (Å²) in [4.78, 5) is 20.6. The molecule has 4 nitrogen and oxygen atoms in total. The Balaban J connectivity index is 0.00000160. The zero-order valence-corrected chi connectivity index (χ0v) is 19.8. The number of halogens is 2. The van der Waals surface area contributed by atoms with E-state index in [0.29, 0.717) is 13.0 Å². The number of hydrogen-bond acceptors (Lipinski definition) is 4. The summed E-state index contributed by atoms with van der Waals surface area (Å²) in [5, 5.41) is 1.00. The number of para-hydroxylation sites is 1. The van der Waals surface area contributed by atoms with Crippen LogP contribution in [-0.4, -0.2) is 35.4 Å². The number of aromatic nitrogens is 1. The molecule has 30 heavy (non-hydrogen) atoms. The molecule has 4 rings (SSSR count). The molecule has 1 aliphatic heterocycles. The van der Waals surface area contributed by atoms with Gasteiger partial charge < -0.3 is 10.6 Å². The number of thiazole rings is 1. The van der Waals surface area contributed by atoms with Gasteiger partial charge in [-0.15, -0.1) is 36.2 Å². The lowest BCUT2D eigenvalue weighted by atomic mass is 9.78. The van der Waals surface area contributed by atoms with E-state index in [1.54, 1.807) is 11.3 Å². The maximum absolute atomic E-state index is 13.8. The Hall–Kier alpha value is -1.66. The fraction of sp³-hybridized carbons (Fsp3) is 0.391. The number of nitrogens with zero attached hydrogens (tertiary/aromatic N) is 2. The van der Waals surface area contributed by atoms with E-state index in [1.807, 2.05) is 41.3 Å². The van der Waals surface area contributed by atoms with Crippen molar-refractivity contribution in [2.45, 2.75) is 32.1 Å². The monoisotopic (exact) mass is 465 g/mol. The molecular weight excluding hydrogens is 437 g/mol. The van der Waals surface area contributed by atoms with Gasteiger partial charge in [0.05, 0.1) is 20.6 Å². The molecule has 1 aromatic heterocycles. The predicted molar refractivity (Wildman–Crippen MR) is 130 cm³/mol. The van der Waals surface area contributed by atoms with E-state index in [1.165, 1.54) is 0 Å². The van der Waals surface area contributed by atoms with Crippen molar-refractivity contribution in [3.05, 3.63) is 65.2 Å². The van der Waals surface area contributed by atoms with Crippen molar-refractivity contribution in [1.29, 1.82) is 0 Å². The Morgan fingerprint density at radius 1 is 1.17 bits per heavy atom. The first-order valence-electron chi connectivity index (χ1n) is 9.83. The van der Waals surface area contributed by atoms with E-state index in [0.717, 1.165) is 40.3 Å². The van der Waals surface area contributed by atoms with Crippen LogP contribution >= 0.6 is 36.2 Å². The molecule has 162 valence electrons. The molecule has 0 saturated carbocycles. The average molecular weight is 466 g/mol. The van der Waals surface area contributed by atoms with Gasteiger partial charge in [0.15, 0.2) is 0 Å². The number of likely N-dealkylation sites (tertiary alicyclic amines) is 1. The van der Waals surface area contributed by atoms with Crippen LogP contribution in [0.5, 0.6) is 0 Å². The molecule has 0 spiro atoms. The van der Waals surface area contributed by atoms with E-state index < -0.39 is 5.41 Å². The van der Waals surface area contributed by atoms with Crippen molar-refractivity contribution in [2.75, 3.05) is 19.6 Å². The summed E-state index contributed by atoms with van der Waals surface area (Å²) in [6, 6.07) is 18.3. The van der Waals surface area contributed by atoms with Crippen molar-refractivity contribution in [3.8, 4) is 0 Å². The highest BCUT2D eigenvalue weighted by Crippen LogP contribution is 2.37. The first-order chi connectivity index (χ1) is 13.4.